The largest absolute Gasteiger partial charge is 0.333 e. The Morgan fingerprint density at radius 3 is 2.83 bits per heavy atom. The summed E-state index contributed by atoms with van der Waals surface area (Å²) in [6.07, 6.45) is 6.84. The van der Waals surface area contributed by atoms with E-state index in [1.807, 2.05) is 11.0 Å². The highest BCUT2D eigenvalue weighted by atomic mass is 35.5. The van der Waals surface area contributed by atoms with Crippen LogP contribution in [-0.2, 0) is 4.79 Å². The summed E-state index contributed by atoms with van der Waals surface area (Å²) >= 11 is 0. The number of rotatable bonds is 4. The highest BCUT2D eigenvalue weighted by molar-refractivity contribution is 5.85. The lowest BCUT2D eigenvalue weighted by Gasteiger charge is -2.37. The van der Waals surface area contributed by atoms with E-state index < -0.39 is 0 Å². The molecule has 0 radical (unpaired) electrons. The van der Waals surface area contributed by atoms with E-state index in [2.05, 4.69) is 5.32 Å². The molecular weight excluding hydrogens is 315 g/mol. The maximum Gasteiger partial charge on any atom is 0.223 e. The predicted octanol–water partition coefficient (Wildman–Crippen LogP) is 3.69. The van der Waals surface area contributed by atoms with E-state index in [1.54, 1.807) is 12.1 Å². The van der Waals surface area contributed by atoms with Crippen molar-refractivity contribution >= 4 is 18.3 Å². The molecule has 1 unspecified atom stereocenters. The predicted molar refractivity (Wildman–Crippen MR) is 92.2 cm³/mol. The molecule has 0 spiro atoms. The van der Waals surface area contributed by atoms with E-state index in [1.165, 1.54) is 31.7 Å². The van der Waals surface area contributed by atoms with Crippen molar-refractivity contribution in [2.45, 2.75) is 44.6 Å². The third-order valence-corrected chi connectivity index (χ3v) is 5.04. The number of nitrogens with one attached hydrogen (secondary N) is 1. The molecule has 1 heterocycles. The Kier molecular flexibility index (Phi) is 6.85. The Hall–Kier alpha value is -1.13. The molecule has 1 saturated heterocycles. The van der Waals surface area contributed by atoms with Crippen LogP contribution in [0.3, 0.4) is 0 Å². The van der Waals surface area contributed by atoms with Crippen LogP contribution in [0.5, 0.6) is 0 Å². The molecule has 1 atom stereocenters. The van der Waals surface area contributed by atoms with E-state index in [-0.39, 0.29) is 30.2 Å². The van der Waals surface area contributed by atoms with E-state index in [0.29, 0.717) is 19.5 Å². The summed E-state index contributed by atoms with van der Waals surface area (Å²) in [6, 6.07) is 6.60. The third kappa shape index (κ3) is 4.67. The molecule has 5 heteroatoms. The highest BCUT2D eigenvalue weighted by Gasteiger charge is 2.28. The molecule has 0 aromatic heterocycles. The quantitative estimate of drug-likeness (QED) is 0.906. The van der Waals surface area contributed by atoms with Gasteiger partial charge in [-0.1, -0.05) is 37.8 Å². The van der Waals surface area contributed by atoms with Crippen LogP contribution in [0.15, 0.2) is 24.3 Å². The zero-order valence-corrected chi connectivity index (χ0v) is 14.3. The molecule has 1 aliphatic carbocycles. The van der Waals surface area contributed by atoms with Gasteiger partial charge in [0.2, 0.25) is 5.91 Å². The van der Waals surface area contributed by atoms with Gasteiger partial charge in [-0.15, -0.1) is 12.4 Å². The number of hydrogen-bond donors (Lipinski definition) is 1. The molecule has 1 N–H and O–H groups in total. The van der Waals surface area contributed by atoms with Gasteiger partial charge in [0.25, 0.3) is 0 Å². The second-order valence-corrected chi connectivity index (χ2v) is 6.55. The fraction of sp³-hybridized carbons (Fsp3) is 0.611. The monoisotopic (exact) mass is 340 g/mol. The van der Waals surface area contributed by atoms with E-state index in [9.17, 15) is 9.18 Å². The summed E-state index contributed by atoms with van der Waals surface area (Å²) in [7, 11) is 0. The number of carbonyl (C=O) groups is 1. The zero-order chi connectivity index (χ0) is 15.4. The number of nitrogens with zero attached hydrogens (tertiary/aromatic N) is 1. The van der Waals surface area contributed by atoms with Crippen molar-refractivity contribution in [2.75, 3.05) is 19.6 Å². The van der Waals surface area contributed by atoms with Gasteiger partial charge in [-0.05, 0) is 30.0 Å². The van der Waals surface area contributed by atoms with Crippen LogP contribution in [0.4, 0.5) is 4.39 Å². The summed E-state index contributed by atoms with van der Waals surface area (Å²) in [5.41, 5.74) is 0.890. The van der Waals surface area contributed by atoms with Crippen LogP contribution in [-0.4, -0.2) is 30.4 Å². The topological polar surface area (TPSA) is 32.3 Å². The van der Waals surface area contributed by atoms with E-state index in [4.69, 9.17) is 0 Å². The molecular formula is C18H26ClFN2O. The Bertz CT molecular complexity index is 519. The van der Waals surface area contributed by atoms with Crippen LogP contribution in [0.25, 0.3) is 0 Å². The molecule has 2 aliphatic rings. The summed E-state index contributed by atoms with van der Waals surface area (Å²) in [4.78, 5) is 14.6. The van der Waals surface area contributed by atoms with E-state index in [0.717, 1.165) is 24.4 Å². The first-order chi connectivity index (χ1) is 10.7. The van der Waals surface area contributed by atoms with Crippen LogP contribution < -0.4 is 5.32 Å². The van der Waals surface area contributed by atoms with Crippen molar-refractivity contribution < 1.29 is 9.18 Å². The average molecular weight is 341 g/mol. The molecule has 3 rings (SSSR count). The molecule has 3 nitrogen and oxygen atoms in total. The zero-order valence-electron chi connectivity index (χ0n) is 13.5. The Morgan fingerprint density at radius 1 is 1.30 bits per heavy atom. The van der Waals surface area contributed by atoms with Crippen LogP contribution in [0, 0.1) is 11.7 Å². The maximum atomic E-state index is 13.5. The number of piperazine rings is 1. The van der Waals surface area contributed by atoms with Crippen molar-refractivity contribution in [3.63, 3.8) is 0 Å². The van der Waals surface area contributed by atoms with Gasteiger partial charge in [-0.2, -0.15) is 0 Å². The fourth-order valence-electron chi connectivity index (χ4n) is 3.78. The lowest BCUT2D eigenvalue weighted by molar-refractivity contribution is -0.134. The summed E-state index contributed by atoms with van der Waals surface area (Å²) < 4.78 is 13.5. The van der Waals surface area contributed by atoms with Gasteiger partial charge in [0.1, 0.15) is 5.82 Å². The maximum absolute atomic E-state index is 13.5. The average Bonchev–Trinajstić information content (AvgIpc) is 3.06. The van der Waals surface area contributed by atoms with Crippen molar-refractivity contribution in [2.24, 2.45) is 5.92 Å². The number of halogens is 2. The minimum atomic E-state index is -0.235. The summed E-state index contributed by atoms with van der Waals surface area (Å²) in [6.45, 7) is 2.24. The van der Waals surface area contributed by atoms with Gasteiger partial charge < -0.3 is 10.2 Å². The molecule has 128 valence electrons. The molecule has 1 aromatic carbocycles. The first-order valence-corrected chi connectivity index (χ1v) is 8.49. The summed E-state index contributed by atoms with van der Waals surface area (Å²) in [5.74, 6) is 0.726. The lowest BCUT2D eigenvalue weighted by Crippen LogP contribution is -2.48. The van der Waals surface area contributed by atoms with Crippen LogP contribution in [0.2, 0.25) is 0 Å². The van der Waals surface area contributed by atoms with Crippen LogP contribution >= 0.6 is 12.4 Å². The normalized spacial score (nSPS) is 22.0. The van der Waals surface area contributed by atoms with Gasteiger partial charge in [-0.25, -0.2) is 4.39 Å². The molecule has 2 fully saturated rings. The van der Waals surface area contributed by atoms with Crippen molar-refractivity contribution in [1.29, 1.82) is 0 Å². The van der Waals surface area contributed by atoms with Gasteiger partial charge >= 0.3 is 0 Å². The smallest absolute Gasteiger partial charge is 0.223 e. The van der Waals surface area contributed by atoms with Crippen molar-refractivity contribution in [3.05, 3.63) is 35.6 Å². The van der Waals surface area contributed by atoms with E-state index >= 15 is 0 Å². The molecule has 1 aliphatic heterocycles. The minimum absolute atomic E-state index is 0. The SMILES string of the molecule is Cl.O=C(CCC1CCCC1)N1CCNCC1c1cccc(F)c1. The van der Waals surface area contributed by atoms with Crippen molar-refractivity contribution in [1.82, 2.24) is 10.2 Å². The Balaban J connectivity index is 0.00000192. The second kappa shape index (κ2) is 8.65. The number of benzene rings is 1. The number of carbonyl (C=O) groups excluding carboxylic acids is 1. The van der Waals surface area contributed by atoms with Gasteiger partial charge in [0, 0.05) is 26.1 Å². The van der Waals surface area contributed by atoms with Crippen molar-refractivity contribution in [3.8, 4) is 0 Å². The van der Waals surface area contributed by atoms with Crippen LogP contribution in [0.1, 0.15) is 50.1 Å². The summed E-state index contributed by atoms with van der Waals surface area (Å²) in [5, 5.41) is 3.32. The fourth-order valence-corrected chi connectivity index (χ4v) is 3.78. The third-order valence-electron chi connectivity index (χ3n) is 5.04. The highest BCUT2D eigenvalue weighted by Crippen LogP contribution is 2.30. The lowest BCUT2D eigenvalue weighted by atomic mass is 9.99. The molecule has 0 bridgehead atoms. The standard InChI is InChI=1S/C18H25FN2O.ClH/c19-16-7-3-6-15(12-16)17-13-20-10-11-21(17)18(22)9-8-14-4-1-2-5-14;/h3,6-7,12,14,17,20H,1-2,4-5,8-11,13H2;1H. The second-order valence-electron chi connectivity index (χ2n) is 6.55. The molecule has 23 heavy (non-hydrogen) atoms. The molecule has 1 aromatic rings. The van der Waals surface area contributed by atoms with Gasteiger partial charge in [0.15, 0.2) is 0 Å². The first-order valence-electron chi connectivity index (χ1n) is 8.49. The minimum Gasteiger partial charge on any atom is -0.333 e. The molecule has 1 amide bonds. The first kappa shape index (κ1) is 18.2. The number of hydrogen-bond acceptors (Lipinski definition) is 2. The van der Waals surface area contributed by atoms with Gasteiger partial charge in [-0.3, -0.25) is 4.79 Å². The Labute approximate surface area is 144 Å². The number of amides is 1. The molecule has 1 saturated carbocycles. The Morgan fingerprint density at radius 2 is 2.09 bits per heavy atom. The van der Waals surface area contributed by atoms with Gasteiger partial charge in [0.05, 0.1) is 6.04 Å².